The monoisotopic (exact) mass is 403 g/mol. The molecule has 1 heterocycles. The average molecular weight is 404 g/mol. The molecule has 0 spiro atoms. The van der Waals surface area contributed by atoms with E-state index in [9.17, 15) is 14.4 Å². The molecule has 0 saturated carbocycles. The minimum atomic E-state index is -0.960. The third-order valence-corrected chi connectivity index (χ3v) is 5.53. The van der Waals surface area contributed by atoms with Gasteiger partial charge in [-0.3, -0.25) is 19.0 Å². The Hall–Kier alpha value is -2.54. The lowest BCUT2D eigenvalue weighted by Crippen LogP contribution is -2.27. The zero-order valence-electron chi connectivity index (χ0n) is 16.6. The Morgan fingerprint density at radius 1 is 1.07 bits per heavy atom. The number of carbonyl (C=O) groups is 3. The van der Waals surface area contributed by atoms with Crippen molar-refractivity contribution in [2.24, 2.45) is 5.92 Å². The maximum absolute atomic E-state index is 12.8. The molecular weight excluding hydrogens is 378 g/mol. The van der Waals surface area contributed by atoms with Crippen LogP contribution in [-0.4, -0.2) is 42.9 Å². The Morgan fingerprint density at radius 2 is 1.68 bits per heavy atom. The van der Waals surface area contributed by atoms with Crippen LogP contribution in [0.3, 0.4) is 0 Å². The molecule has 0 aliphatic heterocycles. The first-order chi connectivity index (χ1) is 13.5. The summed E-state index contributed by atoms with van der Waals surface area (Å²) in [7, 11) is 2.51. The van der Waals surface area contributed by atoms with Crippen LogP contribution in [0, 0.1) is 5.92 Å². The molecule has 28 heavy (non-hydrogen) atoms. The van der Waals surface area contributed by atoms with Crippen LogP contribution in [0.2, 0.25) is 0 Å². The van der Waals surface area contributed by atoms with Crippen molar-refractivity contribution in [2.45, 2.75) is 31.1 Å². The van der Waals surface area contributed by atoms with Crippen LogP contribution in [0.4, 0.5) is 0 Å². The number of benzene rings is 1. The van der Waals surface area contributed by atoms with Gasteiger partial charge in [-0.25, -0.2) is 0 Å². The average Bonchev–Trinajstić information content (AvgIpc) is 3.26. The Morgan fingerprint density at radius 3 is 2.18 bits per heavy atom. The zero-order valence-corrected chi connectivity index (χ0v) is 17.4. The first-order valence-electron chi connectivity index (χ1n) is 9.00. The molecular formula is C21H25NO5S. The Kier molecular flexibility index (Phi) is 7.87. The van der Waals surface area contributed by atoms with E-state index >= 15 is 0 Å². The Bertz CT molecular complexity index is 829. The molecule has 7 heteroatoms. The number of aryl methyl sites for hydroxylation is 1. The Balaban J connectivity index is 2.34. The summed E-state index contributed by atoms with van der Waals surface area (Å²) in [6, 6.07) is 7.34. The molecule has 0 atom stereocenters. The van der Waals surface area contributed by atoms with Crippen LogP contribution in [0.25, 0.3) is 0 Å². The molecule has 0 aliphatic rings. The smallest absolute Gasteiger partial charge is 0.320 e. The van der Waals surface area contributed by atoms with Gasteiger partial charge in [0.2, 0.25) is 0 Å². The van der Waals surface area contributed by atoms with E-state index in [1.807, 2.05) is 37.4 Å². The molecule has 0 fully saturated rings. The van der Waals surface area contributed by atoms with Crippen molar-refractivity contribution >= 4 is 29.6 Å². The molecule has 0 amide bonds. The van der Waals surface area contributed by atoms with E-state index in [1.54, 1.807) is 17.0 Å². The van der Waals surface area contributed by atoms with Gasteiger partial charge in [-0.1, -0.05) is 13.0 Å². The fourth-order valence-electron chi connectivity index (χ4n) is 3.22. The maximum atomic E-state index is 12.8. The molecule has 1 aromatic carbocycles. The molecule has 0 N–H and O–H groups in total. The van der Waals surface area contributed by atoms with Gasteiger partial charge in [-0.05, 0) is 54.8 Å². The van der Waals surface area contributed by atoms with Gasteiger partial charge >= 0.3 is 11.9 Å². The number of methoxy groups -OCH3 is 2. The molecule has 0 unspecified atom stereocenters. The van der Waals surface area contributed by atoms with Crippen molar-refractivity contribution in [1.29, 1.82) is 0 Å². The summed E-state index contributed by atoms with van der Waals surface area (Å²) >= 11 is 1.52. The molecule has 1 aromatic heterocycles. The summed E-state index contributed by atoms with van der Waals surface area (Å²) in [5.74, 6) is -2.25. The third kappa shape index (κ3) is 4.65. The molecule has 150 valence electrons. The minimum absolute atomic E-state index is 0.0856. The van der Waals surface area contributed by atoms with Gasteiger partial charge in [0.25, 0.3) is 5.91 Å². The van der Waals surface area contributed by atoms with Gasteiger partial charge in [-0.2, -0.15) is 0 Å². The number of hydrogen-bond acceptors (Lipinski definition) is 6. The van der Waals surface area contributed by atoms with E-state index in [2.05, 4.69) is 0 Å². The van der Waals surface area contributed by atoms with E-state index in [1.165, 1.54) is 26.0 Å². The summed E-state index contributed by atoms with van der Waals surface area (Å²) in [6.45, 7) is 2.03. The largest absolute Gasteiger partial charge is 0.468 e. The fourth-order valence-corrected chi connectivity index (χ4v) is 4.11. The lowest BCUT2D eigenvalue weighted by molar-refractivity contribution is -0.159. The molecule has 0 aliphatic carbocycles. The quantitative estimate of drug-likeness (QED) is 0.382. The van der Waals surface area contributed by atoms with Gasteiger partial charge in [0.15, 0.2) is 5.92 Å². The number of rotatable bonds is 8. The second kappa shape index (κ2) is 10.1. The first kappa shape index (κ1) is 21.8. The number of thioether (sulfide) groups is 1. The van der Waals surface area contributed by atoms with Crippen molar-refractivity contribution < 1.29 is 23.9 Å². The van der Waals surface area contributed by atoms with Crippen molar-refractivity contribution in [3.63, 3.8) is 0 Å². The summed E-state index contributed by atoms with van der Waals surface area (Å²) < 4.78 is 11.0. The van der Waals surface area contributed by atoms with Crippen molar-refractivity contribution in [3.05, 3.63) is 53.3 Å². The molecule has 2 aromatic rings. The van der Waals surface area contributed by atoms with E-state index in [0.29, 0.717) is 12.0 Å². The maximum Gasteiger partial charge on any atom is 0.320 e. The van der Waals surface area contributed by atoms with Gasteiger partial charge in [0.05, 0.1) is 19.8 Å². The molecule has 0 bridgehead atoms. The van der Waals surface area contributed by atoms with Crippen molar-refractivity contribution in [1.82, 2.24) is 4.57 Å². The van der Waals surface area contributed by atoms with Crippen molar-refractivity contribution in [2.75, 3.05) is 20.5 Å². The molecule has 0 radical (unpaired) electrons. The highest BCUT2D eigenvalue weighted by Crippen LogP contribution is 2.30. The summed E-state index contributed by atoms with van der Waals surface area (Å²) in [5, 5.41) is 0. The second-order valence-electron chi connectivity index (χ2n) is 6.17. The number of ether oxygens (including phenoxy) is 2. The summed E-state index contributed by atoms with van der Waals surface area (Å²) in [4.78, 5) is 37.6. The highest BCUT2D eigenvalue weighted by atomic mass is 32.2. The van der Waals surface area contributed by atoms with Gasteiger partial charge in [-0.15, -0.1) is 11.8 Å². The SMILES string of the molecule is CCc1c(CCC(C(=O)OC)C(=O)OC)ccc(C(=O)n2cccc2)c1SC. The fraction of sp³-hybridized carbons (Fsp3) is 0.381. The molecule has 2 rings (SSSR count). The highest BCUT2D eigenvalue weighted by Gasteiger charge is 2.29. The van der Waals surface area contributed by atoms with E-state index < -0.39 is 17.9 Å². The van der Waals surface area contributed by atoms with Crippen LogP contribution in [-0.2, 0) is 31.9 Å². The van der Waals surface area contributed by atoms with Crippen LogP contribution in [0.1, 0.15) is 34.8 Å². The lowest BCUT2D eigenvalue weighted by Gasteiger charge is -2.18. The predicted molar refractivity (Wildman–Crippen MR) is 108 cm³/mol. The molecule has 6 nitrogen and oxygen atoms in total. The molecule has 0 saturated heterocycles. The predicted octanol–water partition coefficient (Wildman–Crippen LogP) is 3.36. The summed E-state index contributed by atoms with van der Waals surface area (Å²) in [5.41, 5.74) is 2.70. The van der Waals surface area contributed by atoms with Crippen LogP contribution >= 0.6 is 11.8 Å². The van der Waals surface area contributed by atoms with E-state index in [-0.39, 0.29) is 12.3 Å². The van der Waals surface area contributed by atoms with Crippen molar-refractivity contribution in [3.8, 4) is 0 Å². The number of hydrogen-bond donors (Lipinski definition) is 0. The van der Waals surface area contributed by atoms with Gasteiger partial charge in [0.1, 0.15) is 0 Å². The third-order valence-electron chi connectivity index (χ3n) is 4.66. The topological polar surface area (TPSA) is 74.6 Å². The lowest BCUT2D eigenvalue weighted by atomic mass is 9.93. The normalized spacial score (nSPS) is 10.8. The second-order valence-corrected chi connectivity index (χ2v) is 6.99. The number of esters is 2. The first-order valence-corrected chi connectivity index (χ1v) is 10.2. The summed E-state index contributed by atoms with van der Waals surface area (Å²) in [6.07, 6.45) is 6.91. The number of carbonyl (C=O) groups excluding carboxylic acids is 3. The van der Waals surface area contributed by atoms with Crippen LogP contribution in [0.15, 0.2) is 41.6 Å². The number of nitrogens with zero attached hydrogens (tertiary/aromatic N) is 1. The number of aromatic nitrogens is 1. The highest BCUT2D eigenvalue weighted by molar-refractivity contribution is 7.98. The van der Waals surface area contributed by atoms with Gasteiger partial charge < -0.3 is 9.47 Å². The standard InChI is InChI=1S/C21H25NO5S/c1-5-15-14(9-11-17(20(24)26-2)21(25)27-3)8-10-16(18(15)28-4)19(23)22-12-6-7-13-22/h6-8,10,12-13,17H,5,9,11H2,1-4H3. The Labute approximate surface area is 169 Å². The van der Waals surface area contributed by atoms with Crippen LogP contribution < -0.4 is 0 Å². The minimum Gasteiger partial charge on any atom is -0.468 e. The van der Waals surface area contributed by atoms with E-state index in [0.717, 1.165) is 22.4 Å². The van der Waals surface area contributed by atoms with Crippen LogP contribution in [0.5, 0.6) is 0 Å². The zero-order chi connectivity index (χ0) is 20.7. The van der Waals surface area contributed by atoms with Gasteiger partial charge in [0, 0.05) is 17.3 Å². The van der Waals surface area contributed by atoms with E-state index in [4.69, 9.17) is 9.47 Å².